The van der Waals surface area contributed by atoms with Crippen molar-refractivity contribution in [1.82, 2.24) is 14.9 Å². The minimum atomic E-state index is -0.910. The molecule has 0 bridgehead atoms. The summed E-state index contributed by atoms with van der Waals surface area (Å²) in [6.45, 7) is 10.5. The van der Waals surface area contributed by atoms with Crippen LogP contribution in [0.3, 0.4) is 0 Å². The topological polar surface area (TPSA) is 67.2 Å². The summed E-state index contributed by atoms with van der Waals surface area (Å²) in [5.41, 5.74) is -0.910. The first kappa shape index (κ1) is 15.7. The van der Waals surface area contributed by atoms with Crippen molar-refractivity contribution in [2.45, 2.75) is 65.1 Å². The highest BCUT2D eigenvalue weighted by Gasteiger charge is 2.33. The predicted molar refractivity (Wildman–Crippen MR) is 75.2 cm³/mol. The van der Waals surface area contributed by atoms with Gasteiger partial charge in [-0.2, -0.15) is 0 Å². The second-order valence-electron chi connectivity index (χ2n) is 5.82. The zero-order valence-corrected chi connectivity index (χ0v) is 12.5. The number of carboxylic acids is 1. The molecule has 0 aliphatic carbocycles. The van der Waals surface area contributed by atoms with Crippen molar-refractivity contribution < 1.29 is 9.90 Å². The van der Waals surface area contributed by atoms with E-state index in [9.17, 15) is 9.90 Å². The van der Waals surface area contributed by atoms with Gasteiger partial charge in [-0.15, -0.1) is 0 Å². The number of imidazole rings is 1. The Bertz CT molecular complexity index is 426. The van der Waals surface area contributed by atoms with Crippen LogP contribution < -0.4 is 5.32 Å². The molecule has 1 rings (SSSR count). The molecule has 0 radical (unpaired) electrons. The molecule has 0 aromatic carbocycles. The maximum absolute atomic E-state index is 11.4. The number of rotatable bonds is 7. The van der Waals surface area contributed by atoms with E-state index in [0.29, 0.717) is 18.9 Å². The molecule has 0 amide bonds. The van der Waals surface area contributed by atoms with Gasteiger partial charge < -0.3 is 9.67 Å². The third kappa shape index (κ3) is 4.06. The van der Waals surface area contributed by atoms with Crippen molar-refractivity contribution in [1.29, 1.82) is 0 Å². The van der Waals surface area contributed by atoms with Gasteiger partial charge in [0.15, 0.2) is 0 Å². The third-order valence-corrected chi connectivity index (χ3v) is 3.20. The first-order valence-electron chi connectivity index (χ1n) is 6.78. The molecule has 0 saturated heterocycles. The SMILES string of the molecule is CC(C)NC(C)(CCn1ccnc1C(C)C)C(=O)O. The van der Waals surface area contributed by atoms with Crippen LogP contribution in [0.1, 0.15) is 52.8 Å². The number of hydrogen-bond acceptors (Lipinski definition) is 3. The Labute approximate surface area is 115 Å². The molecule has 5 nitrogen and oxygen atoms in total. The van der Waals surface area contributed by atoms with Gasteiger partial charge in [0, 0.05) is 30.9 Å². The van der Waals surface area contributed by atoms with Gasteiger partial charge >= 0.3 is 5.97 Å². The lowest BCUT2D eigenvalue weighted by Crippen LogP contribution is -2.52. The van der Waals surface area contributed by atoms with Crippen LogP contribution in [0.15, 0.2) is 12.4 Å². The summed E-state index contributed by atoms with van der Waals surface area (Å²) < 4.78 is 2.04. The minimum Gasteiger partial charge on any atom is -0.480 e. The van der Waals surface area contributed by atoms with E-state index in [2.05, 4.69) is 24.1 Å². The molecule has 1 atom stereocenters. The van der Waals surface area contributed by atoms with E-state index in [1.165, 1.54) is 0 Å². The lowest BCUT2D eigenvalue weighted by atomic mass is 9.96. The molecule has 108 valence electrons. The van der Waals surface area contributed by atoms with Crippen LogP contribution in [0, 0.1) is 0 Å². The maximum Gasteiger partial charge on any atom is 0.323 e. The van der Waals surface area contributed by atoms with Gasteiger partial charge in [-0.05, 0) is 27.2 Å². The van der Waals surface area contributed by atoms with Crippen molar-refractivity contribution >= 4 is 5.97 Å². The minimum absolute atomic E-state index is 0.133. The zero-order chi connectivity index (χ0) is 14.6. The summed E-state index contributed by atoms with van der Waals surface area (Å²) >= 11 is 0. The van der Waals surface area contributed by atoms with Crippen molar-refractivity contribution in [3.8, 4) is 0 Å². The van der Waals surface area contributed by atoms with E-state index in [1.54, 1.807) is 13.1 Å². The zero-order valence-electron chi connectivity index (χ0n) is 12.5. The Morgan fingerprint density at radius 1 is 1.47 bits per heavy atom. The first-order valence-corrected chi connectivity index (χ1v) is 6.78. The maximum atomic E-state index is 11.4. The van der Waals surface area contributed by atoms with Crippen LogP contribution >= 0.6 is 0 Å². The monoisotopic (exact) mass is 267 g/mol. The smallest absolute Gasteiger partial charge is 0.323 e. The lowest BCUT2D eigenvalue weighted by Gasteiger charge is -2.29. The number of aromatic nitrogens is 2. The Hall–Kier alpha value is -1.36. The molecule has 1 aromatic rings. The van der Waals surface area contributed by atoms with Gasteiger partial charge in [0.25, 0.3) is 0 Å². The molecule has 1 heterocycles. The van der Waals surface area contributed by atoms with E-state index < -0.39 is 11.5 Å². The highest BCUT2D eigenvalue weighted by molar-refractivity contribution is 5.78. The highest BCUT2D eigenvalue weighted by Crippen LogP contribution is 2.17. The number of nitrogens with one attached hydrogen (secondary N) is 1. The van der Waals surface area contributed by atoms with Crippen molar-refractivity contribution in [3.05, 3.63) is 18.2 Å². The molecule has 0 fully saturated rings. The summed E-state index contributed by atoms with van der Waals surface area (Å²) in [6.07, 6.45) is 4.20. The van der Waals surface area contributed by atoms with Gasteiger partial charge in [-0.3, -0.25) is 10.1 Å². The molecule has 0 aliphatic heterocycles. The Morgan fingerprint density at radius 3 is 2.58 bits per heavy atom. The van der Waals surface area contributed by atoms with Crippen LogP contribution in [0.5, 0.6) is 0 Å². The van der Waals surface area contributed by atoms with E-state index in [0.717, 1.165) is 5.82 Å². The molecule has 1 unspecified atom stereocenters. The second kappa shape index (κ2) is 6.19. The summed E-state index contributed by atoms with van der Waals surface area (Å²) in [5.74, 6) is 0.522. The summed E-state index contributed by atoms with van der Waals surface area (Å²) in [5, 5.41) is 12.5. The van der Waals surface area contributed by atoms with Gasteiger partial charge in [-0.25, -0.2) is 4.98 Å². The van der Waals surface area contributed by atoms with Crippen molar-refractivity contribution in [2.75, 3.05) is 0 Å². The van der Waals surface area contributed by atoms with Gasteiger partial charge in [0.1, 0.15) is 11.4 Å². The average Bonchev–Trinajstić information content (AvgIpc) is 2.73. The van der Waals surface area contributed by atoms with Crippen LogP contribution in [0.4, 0.5) is 0 Å². The molecule has 2 N–H and O–H groups in total. The number of hydrogen-bond donors (Lipinski definition) is 2. The quantitative estimate of drug-likeness (QED) is 0.795. The van der Waals surface area contributed by atoms with Crippen LogP contribution in [0.25, 0.3) is 0 Å². The number of carboxylic acid groups (broad SMARTS) is 1. The van der Waals surface area contributed by atoms with Gasteiger partial charge in [-0.1, -0.05) is 13.8 Å². The highest BCUT2D eigenvalue weighted by atomic mass is 16.4. The Kier molecular flexibility index (Phi) is 5.11. The fraction of sp³-hybridized carbons (Fsp3) is 0.714. The van der Waals surface area contributed by atoms with E-state index in [-0.39, 0.29) is 6.04 Å². The molecule has 1 aromatic heterocycles. The molecule has 0 saturated carbocycles. The molecule has 5 heteroatoms. The third-order valence-electron chi connectivity index (χ3n) is 3.20. The summed E-state index contributed by atoms with van der Waals surface area (Å²) in [6, 6.07) is 0.133. The number of carbonyl (C=O) groups is 1. The first-order chi connectivity index (χ1) is 8.76. The van der Waals surface area contributed by atoms with Crippen LogP contribution in [0.2, 0.25) is 0 Å². The van der Waals surface area contributed by atoms with E-state index in [1.807, 2.05) is 24.6 Å². The van der Waals surface area contributed by atoms with Gasteiger partial charge in [0.2, 0.25) is 0 Å². The Balaban J connectivity index is 2.77. The van der Waals surface area contributed by atoms with E-state index >= 15 is 0 Å². The molecular formula is C14H25N3O2. The molecule has 0 spiro atoms. The number of nitrogens with zero attached hydrogens (tertiary/aromatic N) is 2. The normalized spacial score (nSPS) is 14.9. The average molecular weight is 267 g/mol. The predicted octanol–water partition coefficient (Wildman–Crippen LogP) is 2.24. The van der Waals surface area contributed by atoms with Crippen LogP contribution in [-0.2, 0) is 11.3 Å². The van der Waals surface area contributed by atoms with Crippen LogP contribution in [-0.4, -0.2) is 32.2 Å². The molecule has 0 aliphatic rings. The van der Waals surface area contributed by atoms with Crippen molar-refractivity contribution in [3.63, 3.8) is 0 Å². The lowest BCUT2D eigenvalue weighted by molar-refractivity contribution is -0.144. The fourth-order valence-electron chi connectivity index (χ4n) is 2.23. The Morgan fingerprint density at radius 2 is 2.11 bits per heavy atom. The molecule has 19 heavy (non-hydrogen) atoms. The van der Waals surface area contributed by atoms with Crippen molar-refractivity contribution in [2.24, 2.45) is 0 Å². The van der Waals surface area contributed by atoms with Gasteiger partial charge in [0.05, 0.1) is 0 Å². The van der Waals surface area contributed by atoms with E-state index in [4.69, 9.17) is 0 Å². The second-order valence-corrected chi connectivity index (χ2v) is 5.82. The summed E-state index contributed by atoms with van der Waals surface area (Å²) in [7, 11) is 0. The fourth-order valence-corrected chi connectivity index (χ4v) is 2.23. The largest absolute Gasteiger partial charge is 0.480 e. The standard InChI is InChI=1S/C14H25N3O2/c1-10(2)12-15-7-9-17(12)8-6-14(5,13(18)19)16-11(3)4/h7,9-11,16H,6,8H2,1-5H3,(H,18,19). The number of aliphatic carboxylic acids is 1. The molecular weight excluding hydrogens is 242 g/mol. The number of aryl methyl sites for hydroxylation is 1. The summed E-state index contributed by atoms with van der Waals surface area (Å²) in [4.78, 5) is 15.8.